The Labute approximate surface area is 107 Å². The highest BCUT2D eigenvalue weighted by molar-refractivity contribution is 7.86. The first-order chi connectivity index (χ1) is 8.48. The summed E-state index contributed by atoms with van der Waals surface area (Å²) in [5.74, 6) is -1.56. The van der Waals surface area contributed by atoms with Crippen LogP contribution in [0.4, 0.5) is 17.6 Å². The van der Waals surface area contributed by atoms with Crippen molar-refractivity contribution in [2.24, 2.45) is 0 Å². The highest BCUT2D eigenvalue weighted by atomic mass is 32.2. The van der Waals surface area contributed by atoms with Gasteiger partial charge in [-0.05, 0) is 25.1 Å². The van der Waals surface area contributed by atoms with Gasteiger partial charge in [0.05, 0.1) is 6.26 Å². The van der Waals surface area contributed by atoms with E-state index in [4.69, 9.17) is 0 Å². The van der Waals surface area contributed by atoms with Gasteiger partial charge in [0, 0.05) is 5.56 Å². The lowest BCUT2D eigenvalue weighted by Crippen LogP contribution is -2.19. The van der Waals surface area contributed by atoms with E-state index in [0.29, 0.717) is 0 Å². The molecule has 0 saturated carbocycles. The second-order valence-electron chi connectivity index (χ2n) is 3.67. The minimum absolute atomic E-state index is 0.359. The zero-order chi connectivity index (χ0) is 14.8. The molecule has 1 aromatic rings. The highest BCUT2D eigenvalue weighted by Gasteiger charge is 2.33. The van der Waals surface area contributed by atoms with Crippen molar-refractivity contribution >= 4 is 10.1 Å². The van der Waals surface area contributed by atoms with Crippen LogP contribution < -0.4 is 4.74 Å². The van der Waals surface area contributed by atoms with Gasteiger partial charge in [-0.3, -0.25) is 4.18 Å². The normalized spacial score (nSPS) is 14.2. The van der Waals surface area contributed by atoms with Crippen LogP contribution >= 0.6 is 0 Å². The van der Waals surface area contributed by atoms with E-state index >= 15 is 0 Å². The SMILES string of the molecule is C[C@@H](OS(C)(=O)=O)c1cc(F)ccc1OC(F)(F)F. The zero-order valence-corrected chi connectivity index (χ0v) is 10.7. The Kier molecular flexibility index (Phi) is 4.41. The topological polar surface area (TPSA) is 52.6 Å². The summed E-state index contributed by atoms with van der Waals surface area (Å²) in [4.78, 5) is 0. The van der Waals surface area contributed by atoms with Gasteiger partial charge in [0.1, 0.15) is 17.7 Å². The van der Waals surface area contributed by atoms with Crippen LogP contribution in [-0.4, -0.2) is 21.0 Å². The molecule has 0 aliphatic rings. The molecule has 0 unspecified atom stereocenters. The minimum Gasteiger partial charge on any atom is -0.405 e. The van der Waals surface area contributed by atoms with Crippen molar-refractivity contribution in [2.75, 3.05) is 6.26 Å². The van der Waals surface area contributed by atoms with E-state index in [2.05, 4.69) is 8.92 Å². The van der Waals surface area contributed by atoms with E-state index in [0.717, 1.165) is 24.5 Å². The Balaban J connectivity index is 3.13. The van der Waals surface area contributed by atoms with Gasteiger partial charge in [-0.1, -0.05) is 0 Å². The lowest BCUT2D eigenvalue weighted by Gasteiger charge is -2.17. The summed E-state index contributed by atoms with van der Waals surface area (Å²) in [6, 6.07) is 2.23. The van der Waals surface area contributed by atoms with Gasteiger partial charge in [0.2, 0.25) is 0 Å². The van der Waals surface area contributed by atoms with Gasteiger partial charge in [0.25, 0.3) is 10.1 Å². The number of halogens is 4. The summed E-state index contributed by atoms with van der Waals surface area (Å²) in [6.45, 7) is 1.17. The van der Waals surface area contributed by atoms with Crippen LogP contribution in [0.1, 0.15) is 18.6 Å². The lowest BCUT2D eigenvalue weighted by atomic mass is 10.1. The molecule has 19 heavy (non-hydrogen) atoms. The maximum absolute atomic E-state index is 13.0. The minimum atomic E-state index is -4.97. The summed E-state index contributed by atoms with van der Waals surface area (Å²) in [6.07, 6.45) is -5.56. The van der Waals surface area contributed by atoms with Gasteiger partial charge < -0.3 is 4.74 Å². The molecule has 0 amide bonds. The Morgan fingerprint density at radius 1 is 1.26 bits per heavy atom. The summed E-state index contributed by atoms with van der Waals surface area (Å²) < 4.78 is 79.5. The van der Waals surface area contributed by atoms with Gasteiger partial charge in [-0.25, -0.2) is 4.39 Å². The molecule has 0 aliphatic carbocycles. The third-order valence-corrected chi connectivity index (χ3v) is 2.59. The molecule has 0 spiro atoms. The molecule has 0 aromatic heterocycles. The fourth-order valence-corrected chi connectivity index (χ4v) is 2.00. The Morgan fingerprint density at radius 3 is 2.32 bits per heavy atom. The number of ether oxygens (including phenoxy) is 1. The molecule has 0 fully saturated rings. The largest absolute Gasteiger partial charge is 0.573 e. The van der Waals surface area contributed by atoms with Crippen LogP contribution in [0.5, 0.6) is 5.75 Å². The van der Waals surface area contributed by atoms with Crippen molar-refractivity contribution in [1.82, 2.24) is 0 Å². The zero-order valence-electron chi connectivity index (χ0n) is 9.86. The quantitative estimate of drug-likeness (QED) is 0.634. The fraction of sp³-hybridized carbons (Fsp3) is 0.400. The molecule has 0 saturated heterocycles. The van der Waals surface area contributed by atoms with Crippen molar-refractivity contribution in [3.05, 3.63) is 29.6 Å². The standard InChI is InChI=1S/C10H10F4O4S/c1-6(18-19(2,15)16)8-5-7(11)3-4-9(8)17-10(12,13)14/h3-6H,1-2H3/t6-/m1/s1. The van der Waals surface area contributed by atoms with E-state index in [9.17, 15) is 26.0 Å². The van der Waals surface area contributed by atoms with Crippen LogP contribution in [0.2, 0.25) is 0 Å². The van der Waals surface area contributed by atoms with E-state index in [1.807, 2.05) is 0 Å². The van der Waals surface area contributed by atoms with Gasteiger partial charge in [-0.2, -0.15) is 8.42 Å². The average Bonchev–Trinajstić information content (AvgIpc) is 2.16. The van der Waals surface area contributed by atoms with Crippen LogP contribution in [-0.2, 0) is 14.3 Å². The molecule has 0 radical (unpaired) electrons. The van der Waals surface area contributed by atoms with E-state index in [1.165, 1.54) is 6.92 Å². The summed E-state index contributed by atoms with van der Waals surface area (Å²) in [7, 11) is -3.90. The second-order valence-corrected chi connectivity index (χ2v) is 5.27. The molecular weight excluding hydrogens is 292 g/mol. The van der Waals surface area contributed by atoms with Crippen LogP contribution in [0.25, 0.3) is 0 Å². The molecule has 1 atom stereocenters. The van der Waals surface area contributed by atoms with E-state index < -0.39 is 34.2 Å². The van der Waals surface area contributed by atoms with Crippen LogP contribution in [0, 0.1) is 5.82 Å². The monoisotopic (exact) mass is 302 g/mol. The molecule has 4 nitrogen and oxygen atoms in total. The molecule has 0 aliphatic heterocycles. The first-order valence-electron chi connectivity index (χ1n) is 4.91. The van der Waals surface area contributed by atoms with E-state index in [-0.39, 0.29) is 5.56 Å². The summed E-state index contributed by atoms with van der Waals surface area (Å²) in [5, 5.41) is 0. The third-order valence-electron chi connectivity index (χ3n) is 1.95. The second kappa shape index (κ2) is 5.33. The summed E-state index contributed by atoms with van der Waals surface area (Å²) in [5.41, 5.74) is -0.359. The Morgan fingerprint density at radius 2 is 1.84 bits per heavy atom. The van der Waals surface area contributed by atoms with Crippen molar-refractivity contribution in [3.63, 3.8) is 0 Å². The molecule has 0 bridgehead atoms. The molecule has 0 heterocycles. The third kappa shape index (κ3) is 5.43. The first kappa shape index (κ1) is 15.7. The predicted molar refractivity (Wildman–Crippen MR) is 57.4 cm³/mol. The summed E-state index contributed by atoms with van der Waals surface area (Å²) >= 11 is 0. The van der Waals surface area contributed by atoms with Gasteiger partial charge in [-0.15, -0.1) is 13.2 Å². The first-order valence-corrected chi connectivity index (χ1v) is 6.73. The average molecular weight is 302 g/mol. The molecule has 108 valence electrons. The molecule has 0 N–H and O–H groups in total. The lowest BCUT2D eigenvalue weighted by molar-refractivity contribution is -0.275. The van der Waals surface area contributed by atoms with Crippen molar-refractivity contribution < 1.29 is 34.9 Å². The molecule has 9 heteroatoms. The molecular formula is C10H10F4O4S. The van der Waals surface area contributed by atoms with Crippen LogP contribution in [0.3, 0.4) is 0 Å². The van der Waals surface area contributed by atoms with Crippen LogP contribution in [0.15, 0.2) is 18.2 Å². The number of alkyl halides is 3. The van der Waals surface area contributed by atoms with Gasteiger partial charge in [0.15, 0.2) is 0 Å². The van der Waals surface area contributed by atoms with Crippen molar-refractivity contribution in [2.45, 2.75) is 19.4 Å². The molecule has 1 rings (SSSR count). The maximum atomic E-state index is 13.0. The van der Waals surface area contributed by atoms with Crippen molar-refractivity contribution in [1.29, 1.82) is 0 Å². The number of hydrogen-bond acceptors (Lipinski definition) is 4. The smallest absolute Gasteiger partial charge is 0.405 e. The Bertz CT molecular complexity index is 553. The number of benzene rings is 1. The maximum Gasteiger partial charge on any atom is 0.573 e. The Hall–Kier alpha value is -1.35. The predicted octanol–water partition coefficient (Wildman–Crippen LogP) is 2.76. The number of rotatable bonds is 4. The van der Waals surface area contributed by atoms with Gasteiger partial charge >= 0.3 is 6.36 Å². The fourth-order valence-electron chi connectivity index (χ4n) is 1.37. The molecule has 1 aromatic carbocycles. The highest BCUT2D eigenvalue weighted by Crippen LogP contribution is 2.33. The van der Waals surface area contributed by atoms with E-state index in [1.54, 1.807) is 0 Å². The van der Waals surface area contributed by atoms with Crippen molar-refractivity contribution in [3.8, 4) is 5.75 Å². The number of hydrogen-bond donors (Lipinski definition) is 0.